The Morgan fingerprint density at radius 3 is 3.08 bits per heavy atom. The summed E-state index contributed by atoms with van der Waals surface area (Å²) in [5, 5.41) is 8.31. The summed E-state index contributed by atoms with van der Waals surface area (Å²) < 4.78 is 12.9. The third kappa shape index (κ3) is 1.77. The van der Waals surface area contributed by atoms with Crippen LogP contribution < -0.4 is 5.73 Å². The number of rotatable bonds is 2. The van der Waals surface area contributed by atoms with Gasteiger partial charge in [0.05, 0.1) is 24.2 Å². The largest absolute Gasteiger partial charge is 0.322 e. The fourth-order valence-corrected chi connectivity index (χ4v) is 0.866. The molecule has 0 fully saturated rings. The van der Waals surface area contributed by atoms with E-state index in [1.165, 1.54) is 18.3 Å². The number of hydrogen-bond donors (Lipinski definition) is 1. The Balaban J connectivity index is 2.88. The number of nitrogens with zero attached hydrogens (tertiary/aromatic N) is 2. The highest BCUT2D eigenvalue weighted by Crippen LogP contribution is 2.13. The number of nitriles is 1. The minimum atomic E-state index is -0.629. The quantitative estimate of drug-likeness (QED) is 0.714. The van der Waals surface area contributed by atoms with Gasteiger partial charge in [0, 0.05) is 6.20 Å². The first-order chi connectivity index (χ1) is 5.75. The van der Waals surface area contributed by atoms with E-state index in [-0.39, 0.29) is 12.1 Å². The van der Waals surface area contributed by atoms with Crippen LogP contribution in [0.15, 0.2) is 18.3 Å². The summed E-state index contributed by atoms with van der Waals surface area (Å²) in [7, 11) is 0. The minimum absolute atomic E-state index is 0.0773. The molecule has 0 aliphatic carbocycles. The second kappa shape index (κ2) is 3.79. The standard InChI is InChI=1S/C8H8FN3/c9-6-2-1-5-12-8(6)7(11)3-4-10/h1-2,5,7H,3,11H2. The Morgan fingerprint density at radius 2 is 2.50 bits per heavy atom. The highest BCUT2D eigenvalue weighted by molar-refractivity contribution is 5.12. The molecule has 1 atom stereocenters. The predicted molar refractivity (Wildman–Crippen MR) is 41.4 cm³/mol. The number of aromatic nitrogens is 1. The van der Waals surface area contributed by atoms with Crippen molar-refractivity contribution in [1.82, 2.24) is 4.98 Å². The molecular weight excluding hydrogens is 157 g/mol. The molecule has 1 rings (SSSR count). The van der Waals surface area contributed by atoms with Crippen molar-refractivity contribution in [1.29, 1.82) is 5.26 Å². The molecule has 1 aromatic heterocycles. The van der Waals surface area contributed by atoms with E-state index in [0.717, 1.165) is 0 Å². The maximum Gasteiger partial charge on any atom is 0.146 e. The lowest BCUT2D eigenvalue weighted by atomic mass is 10.1. The summed E-state index contributed by atoms with van der Waals surface area (Å²) >= 11 is 0. The van der Waals surface area contributed by atoms with E-state index in [1.54, 1.807) is 0 Å². The van der Waals surface area contributed by atoms with Gasteiger partial charge in [-0.05, 0) is 12.1 Å². The van der Waals surface area contributed by atoms with Crippen LogP contribution in [0.4, 0.5) is 4.39 Å². The Labute approximate surface area is 69.6 Å². The lowest BCUT2D eigenvalue weighted by Gasteiger charge is -2.06. The fraction of sp³-hybridized carbons (Fsp3) is 0.250. The molecule has 0 amide bonds. The van der Waals surface area contributed by atoms with Gasteiger partial charge in [0.2, 0.25) is 0 Å². The second-order valence-electron chi connectivity index (χ2n) is 2.34. The molecule has 0 bridgehead atoms. The molecule has 0 radical (unpaired) electrons. The van der Waals surface area contributed by atoms with Gasteiger partial charge in [-0.15, -0.1) is 0 Å². The zero-order valence-corrected chi connectivity index (χ0v) is 6.37. The SMILES string of the molecule is N#CCC(N)c1ncccc1F. The molecule has 0 spiro atoms. The van der Waals surface area contributed by atoms with Crippen LogP contribution in [0.1, 0.15) is 18.2 Å². The van der Waals surface area contributed by atoms with E-state index in [2.05, 4.69) is 4.98 Å². The van der Waals surface area contributed by atoms with E-state index in [1.807, 2.05) is 6.07 Å². The van der Waals surface area contributed by atoms with Crippen molar-refractivity contribution in [2.75, 3.05) is 0 Å². The molecule has 0 aliphatic heterocycles. The molecule has 12 heavy (non-hydrogen) atoms. The molecule has 4 heteroatoms. The monoisotopic (exact) mass is 165 g/mol. The van der Waals surface area contributed by atoms with Crippen molar-refractivity contribution in [3.8, 4) is 6.07 Å². The van der Waals surface area contributed by atoms with Gasteiger partial charge in [-0.25, -0.2) is 4.39 Å². The van der Waals surface area contributed by atoms with Gasteiger partial charge >= 0.3 is 0 Å². The lowest BCUT2D eigenvalue weighted by molar-refractivity contribution is 0.569. The molecule has 62 valence electrons. The Bertz CT molecular complexity index is 305. The number of halogens is 1. The van der Waals surface area contributed by atoms with Gasteiger partial charge in [0.15, 0.2) is 0 Å². The van der Waals surface area contributed by atoms with Gasteiger partial charge in [0.25, 0.3) is 0 Å². The molecule has 1 unspecified atom stereocenters. The van der Waals surface area contributed by atoms with Crippen molar-refractivity contribution < 1.29 is 4.39 Å². The van der Waals surface area contributed by atoms with E-state index in [4.69, 9.17) is 11.0 Å². The minimum Gasteiger partial charge on any atom is -0.322 e. The average molecular weight is 165 g/mol. The highest BCUT2D eigenvalue weighted by Gasteiger charge is 2.10. The van der Waals surface area contributed by atoms with E-state index >= 15 is 0 Å². The molecule has 0 saturated heterocycles. The Kier molecular flexibility index (Phi) is 2.72. The maximum atomic E-state index is 12.9. The molecular formula is C8H8FN3. The van der Waals surface area contributed by atoms with Crippen LogP contribution in [0.3, 0.4) is 0 Å². The molecule has 1 heterocycles. The van der Waals surface area contributed by atoms with Gasteiger partial charge in [-0.3, -0.25) is 4.98 Å². The summed E-state index contributed by atoms with van der Waals surface area (Å²) in [6, 6.07) is 3.99. The van der Waals surface area contributed by atoms with Crippen LogP contribution >= 0.6 is 0 Å². The predicted octanol–water partition coefficient (Wildman–Crippen LogP) is 1.13. The van der Waals surface area contributed by atoms with Gasteiger partial charge < -0.3 is 5.73 Å². The van der Waals surface area contributed by atoms with E-state index in [9.17, 15) is 4.39 Å². The summed E-state index contributed by atoms with van der Waals surface area (Å²) in [6.07, 6.45) is 1.53. The third-order valence-corrected chi connectivity index (χ3v) is 1.45. The van der Waals surface area contributed by atoms with Crippen LogP contribution in [0.25, 0.3) is 0 Å². The molecule has 0 saturated carbocycles. The van der Waals surface area contributed by atoms with Crippen LogP contribution in [-0.2, 0) is 0 Å². The van der Waals surface area contributed by atoms with Crippen molar-refractivity contribution in [2.24, 2.45) is 5.73 Å². The average Bonchev–Trinajstić information content (AvgIpc) is 2.05. The Hall–Kier alpha value is -1.47. The van der Waals surface area contributed by atoms with E-state index in [0.29, 0.717) is 0 Å². The smallest absolute Gasteiger partial charge is 0.146 e. The first-order valence-corrected chi connectivity index (χ1v) is 3.48. The van der Waals surface area contributed by atoms with Crippen molar-refractivity contribution >= 4 is 0 Å². The zero-order chi connectivity index (χ0) is 8.97. The normalized spacial score (nSPS) is 12.1. The van der Waals surface area contributed by atoms with Crippen LogP contribution in [-0.4, -0.2) is 4.98 Å². The summed E-state index contributed by atoms with van der Waals surface area (Å²) in [5.41, 5.74) is 5.63. The van der Waals surface area contributed by atoms with Crippen molar-refractivity contribution in [3.05, 3.63) is 29.8 Å². The topological polar surface area (TPSA) is 62.7 Å². The van der Waals surface area contributed by atoms with Gasteiger partial charge in [-0.2, -0.15) is 5.26 Å². The van der Waals surface area contributed by atoms with E-state index < -0.39 is 11.9 Å². The number of nitrogens with two attached hydrogens (primary N) is 1. The number of pyridine rings is 1. The van der Waals surface area contributed by atoms with Crippen LogP contribution in [0.2, 0.25) is 0 Å². The first-order valence-electron chi connectivity index (χ1n) is 3.48. The molecule has 1 aromatic rings. The zero-order valence-electron chi connectivity index (χ0n) is 6.37. The summed E-state index contributed by atoms with van der Waals surface area (Å²) in [6.45, 7) is 0. The third-order valence-electron chi connectivity index (χ3n) is 1.45. The van der Waals surface area contributed by atoms with Crippen molar-refractivity contribution in [3.63, 3.8) is 0 Å². The lowest BCUT2D eigenvalue weighted by Crippen LogP contribution is -2.12. The Morgan fingerprint density at radius 1 is 1.75 bits per heavy atom. The van der Waals surface area contributed by atoms with Gasteiger partial charge in [0.1, 0.15) is 5.82 Å². The second-order valence-corrected chi connectivity index (χ2v) is 2.34. The van der Waals surface area contributed by atoms with Crippen LogP contribution in [0, 0.1) is 17.1 Å². The summed E-state index contributed by atoms with van der Waals surface area (Å²) in [4.78, 5) is 3.75. The molecule has 3 nitrogen and oxygen atoms in total. The summed E-state index contributed by atoms with van der Waals surface area (Å²) in [5.74, 6) is -0.458. The van der Waals surface area contributed by atoms with Crippen LogP contribution in [0.5, 0.6) is 0 Å². The van der Waals surface area contributed by atoms with Crippen molar-refractivity contribution in [2.45, 2.75) is 12.5 Å². The van der Waals surface area contributed by atoms with Gasteiger partial charge in [-0.1, -0.05) is 0 Å². The number of hydrogen-bond acceptors (Lipinski definition) is 3. The maximum absolute atomic E-state index is 12.9. The molecule has 0 aliphatic rings. The first kappa shape index (κ1) is 8.62. The molecule has 2 N–H and O–H groups in total. The molecule has 0 aromatic carbocycles. The fourth-order valence-electron chi connectivity index (χ4n) is 0.866. The highest BCUT2D eigenvalue weighted by atomic mass is 19.1.